The predicted octanol–water partition coefficient (Wildman–Crippen LogP) is 5.43. The van der Waals surface area contributed by atoms with E-state index in [-0.39, 0.29) is 11.8 Å². The lowest BCUT2D eigenvalue weighted by molar-refractivity contribution is -0.144. The van der Waals surface area contributed by atoms with Crippen molar-refractivity contribution in [1.29, 1.82) is 5.26 Å². The van der Waals surface area contributed by atoms with Crippen LogP contribution < -0.4 is 15.4 Å². The standard InChI is InChI=1S/C19H21NO4.C16H20N2O/c1-14(21)20-18(19(22)23-2)12-15-8-10-17(11-9-15)24-13-16-6-4-3-5-7-16;17-12-14-8-6-13(7-9-14)10-11-16(19)18-15-4-2-1-3-5-15/h3-11,18H,12-13H2,1-2H3,(H,20,21);6-9,15H,1-5,10-11H2,(H,18,19). The third kappa shape index (κ3) is 12.4. The molecule has 0 saturated heterocycles. The van der Waals surface area contributed by atoms with Gasteiger partial charge in [0.15, 0.2) is 0 Å². The van der Waals surface area contributed by atoms with Crippen molar-refractivity contribution >= 4 is 17.8 Å². The lowest BCUT2D eigenvalue weighted by Gasteiger charge is -2.22. The quantitative estimate of drug-likeness (QED) is 0.291. The fraction of sp³-hybridized carbons (Fsp3) is 0.371. The first kappa shape index (κ1) is 32.9. The Morgan fingerprint density at radius 1 is 0.884 bits per heavy atom. The number of hydrogen-bond donors (Lipinski definition) is 2. The summed E-state index contributed by atoms with van der Waals surface area (Å²) in [6.07, 6.45) is 7.67. The van der Waals surface area contributed by atoms with E-state index in [0.29, 0.717) is 31.1 Å². The molecule has 1 atom stereocenters. The van der Waals surface area contributed by atoms with E-state index >= 15 is 0 Å². The maximum atomic E-state index is 11.8. The summed E-state index contributed by atoms with van der Waals surface area (Å²) >= 11 is 0. The second-order valence-corrected chi connectivity index (χ2v) is 10.6. The lowest BCUT2D eigenvalue weighted by Crippen LogP contribution is -2.41. The molecule has 8 nitrogen and oxygen atoms in total. The Morgan fingerprint density at radius 3 is 2.14 bits per heavy atom. The van der Waals surface area contributed by atoms with Gasteiger partial charge in [-0.3, -0.25) is 9.59 Å². The summed E-state index contributed by atoms with van der Waals surface area (Å²) in [5, 5.41) is 14.4. The monoisotopic (exact) mass is 583 g/mol. The number of benzene rings is 3. The van der Waals surface area contributed by atoms with E-state index in [1.165, 1.54) is 33.3 Å². The molecule has 2 amide bonds. The third-order valence-corrected chi connectivity index (χ3v) is 7.17. The zero-order valence-electron chi connectivity index (χ0n) is 25.0. The number of aryl methyl sites for hydroxylation is 1. The number of ether oxygens (including phenoxy) is 2. The van der Waals surface area contributed by atoms with Crippen molar-refractivity contribution in [3.63, 3.8) is 0 Å². The highest BCUT2D eigenvalue weighted by atomic mass is 16.5. The first-order chi connectivity index (χ1) is 20.9. The molecule has 0 bridgehead atoms. The van der Waals surface area contributed by atoms with Crippen LogP contribution >= 0.6 is 0 Å². The second-order valence-electron chi connectivity index (χ2n) is 10.6. The second kappa shape index (κ2) is 18.0. The summed E-state index contributed by atoms with van der Waals surface area (Å²) in [5.74, 6) is 0.163. The molecule has 226 valence electrons. The number of carbonyl (C=O) groups is 3. The minimum atomic E-state index is -0.691. The summed E-state index contributed by atoms with van der Waals surface area (Å²) in [6, 6.07) is 26.6. The third-order valence-electron chi connectivity index (χ3n) is 7.17. The Balaban J connectivity index is 0.000000242. The largest absolute Gasteiger partial charge is 0.489 e. The summed E-state index contributed by atoms with van der Waals surface area (Å²) in [7, 11) is 1.30. The van der Waals surface area contributed by atoms with E-state index in [9.17, 15) is 14.4 Å². The Hall–Kier alpha value is -4.64. The van der Waals surface area contributed by atoms with Gasteiger partial charge in [0.25, 0.3) is 0 Å². The number of carbonyl (C=O) groups excluding carboxylic acids is 3. The van der Waals surface area contributed by atoms with Crippen molar-refractivity contribution in [2.75, 3.05) is 7.11 Å². The first-order valence-corrected chi connectivity index (χ1v) is 14.7. The van der Waals surface area contributed by atoms with Crippen molar-refractivity contribution in [3.8, 4) is 11.8 Å². The zero-order chi connectivity index (χ0) is 30.9. The number of rotatable bonds is 11. The van der Waals surface area contributed by atoms with Crippen LogP contribution in [-0.2, 0) is 38.6 Å². The van der Waals surface area contributed by atoms with Crippen LogP contribution in [0.2, 0.25) is 0 Å². The molecule has 1 aliphatic carbocycles. The van der Waals surface area contributed by atoms with E-state index < -0.39 is 12.0 Å². The summed E-state index contributed by atoms with van der Waals surface area (Å²) < 4.78 is 10.4. The summed E-state index contributed by atoms with van der Waals surface area (Å²) in [6.45, 7) is 1.87. The van der Waals surface area contributed by atoms with Gasteiger partial charge in [-0.1, -0.05) is 73.9 Å². The molecule has 2 N–H and O–H groups in total. The topological polar surface area (TPSA) is 118 Å². The number of nitrogens with one attached hydrogen (secondary N) is 2. The van der Waals surface area contributed by atoms with E-state index in [4.69, 9.17) is 14.7 Å². The van der Waals surface area contributed by atoms with E-state index in [1.807, 2.05) is 66.7 Å². The van der Waals surface area contributed by atoms with Crippen LogP contribution in [0, 0.1) is 11.3 Å². The number of nitriles is 1. The number of nitrogens with zero attached hydrogens (tertiary/aromatic N) is 1. The number of esters is 1. The van der Waals surface area contributed by atoms with Crippen LogP contribution in [0.1, 0.15) is 67.7 Å². The molecule has 0 spiro atoms. The zero-order valence-corrected chi connectivity index (χ0v) is 25.0. The molecule has 1 fully saturated rings. The molecule has 8 heteroatoms. The molecule has 4 rings (SSSR count). The number of methoxy groups -OCH3 is 1. The highest BCUT2D eigenvalue weighted by molar-refractivity contribution is 5.83. The highest BCUT2D eigenvalue weighted by Gasteiger charge is 2.20. The summed E-state index contributed by atoms with van der Waals surface area (Å²) in [4.78, 5) is 34.8. The van der Waals surface area contributed by atoms with E-state index in [0.717, 1.165) is 41.7 Å². The van der Waals surface area contributed by atoms with Gasteiger partial charge >= 0.3 is 5.97 Å². The van der Waals surface area contributed by atoms with Gasteiger partial charge in [0.05, 0.1) is 18.7 Å². The van der Waals surface area contributed by atoms with Gasteiger partial charge in [-0.2, -0.15) is 5.26 Å². The van der Waals surface area contributed by atoms with Gasteiger partial charge in [0.2, 0.25) is 11.8 Å². The predicted molar refractivity (Wildman–Crippen MR) is 165 cm³/mol. The lowest BCUT2D eigenvalue weighted by atomic mass is 9.95. The molecule has 3 aromatic rings. The molecule has 0 aliphatic heterocycles. The molecular formula is C35H41N3O5. The van der Waals surface area contributed by atoms with Crippen molar-refractivity contribution in [2.45, 2.75) is 77.0 Å². The number of amides is 2. The Labute approximate surface area is 254 Å². The van der Waals surface area contributed by atoms with Crippen LogP contribution in [0.25, 0.3) is 0 Å². The van der Waals surface area contributed by atoms with Gasteiger partial charge in [-0.15, -0.1) is 0 Å². The van der Waals surface area contributed by atoms with Gasteiger partial charge in [-0.05, 0) is 60.2 Å². The fourth-order valence-corrected chi connectivity index (χ4v) is 4.83. The Bertz CT molecular complexity index is 1330. The minimum absolute atomic E-state index is 0.149. The molecule has 3 aromatic carbocycles. The first-order valence-electron chi connectivity index (χ1n) is 14.7. The van der Waals surface area contributed by atoms with Crippen molar-refractivity contribution in [3.05, 3.63) is 101 Å². The molecule has 43 heavy (non-hydrogen) atoms. The van der Waals surface area contributed by atoms with E-state index in [2.05, 4.69) is 16.7 Å². The van der Waals surface area contributed by atoms with Crippen LogP contribution in [0.5, 0.6) is 5.75 Å². The molecule has 0 heterocycles. The van der Waals surface area contributed by atoms with Gasteiger partial charge in [-0.25, -0.2) is 4.79 Å². The van der Waals surface area contributed by atoms with Crippen LogP contribution in [0.4, 0.5) is 0 Å². The molecule has 1 aliphatic rings. The van der Waals surface area contributed by atoms with Gasteiger partial charge < -0.3 is 20.1 Å². The average Bonchev–Trinajstić information content (AvgIpc) is 3.04. The smallest absolute Gasteiger partial charge is 0.328 e. The van der Waals surface area contributed by atoms with Crippen molar-refractivity contribution < 1.29 is 23.9 Å². The molecular weight excluding hydrogens is 542 g/mol. The average molecular weight is 584 g/mol. The molecule has 1 saturated carbocycles. The van der Waals surface area contributed by atoms with Gasteiger partial charge in [0.1, 0.15) is 18.4 Å². The summed E-state index contributed by atoms with van der Waals surface area (Å²) in [5.41, 5.74) is 3.78. The number of hydrogen-bond acceptors (Lipinski definition) is 6. The molecule has 1 unspecified atom stereocenters. The van der Waals surface area contributed by atoms with Gasteiger partial charge in [0, 0.05) is 25.8 Å². The highest BCUT2D eigenvalue weighted by Crippen LogP contribution is 2.18. The Morgan fingerprint density at radius 2 is 1.53 bits per heavy atom. The van der Waals surface area contributed by atoms with Crippen LogP contribution in [0.3, 0.4) is 0 Å². The molecule has 0 radical (unpaired) electrons. The molecule has 0 aromatic heterocycles. The SMILES string of the molecule is COC(=O)C(Cc1ccc(OCc2ccccc2)cc1)NC(C)=O.N#Cc1ccc(CCC(=O)NC2CCCCC2)cc1. The maximum Gasteiger partial charge on any atom is 0.328 e. The Kier molecular flexibility index (Phi) is 13.8. The van der Waals surface area contributed by atoms with Crippen LogP contribution in [-0.4, -0.2) is 37.0 Å². The van der Waals surface area contributed by atoms with Crippen molar-refractivity contribution in [2.24, 2.45) is 0 Å². The minimum Gasteiger partial charge on any atom is -0.489 e. The fourth-order valence-electron chi connectivity index (χ4n) is 4.83. The maximum absolute atomic E-state index is 11.8. The van der Waals surface area contributed by atoms with Crippen LogP contribution in [0.15, 0.2) is 78.9 Å². The van der Waals surface area contributed by atoms with Crippen molar-refractivity contribution in [1.82, 2.24) is 10.6 Å². The van der Waals surface area contributed by atoms with E-state index in [1.54, 1.807) is 12.1 Å². The normalized spacial score (nSPS) is 13.3.